The van der Waals surface area contributed by atoms with Crippen LogP contribution in [0.15, 0.2) is 35.5 Å². The van der Waals surface area contributed by atoms with Gasteiger partial charge in [-0.1, -0.05) is 12.1 Å². The summed E-state index contributed by atoms with van der Waals surface area (Å²) >= 11 is 0. The number of nitrogens with one attached hydrogen (secondary N) is 1. The fourth-order valence-electron chi connectivity index (χ4n) is 1.54. The average molecular weight is 296 g/mol. The second kappa shape index (κ2) is 5.29. The van der Waals surface area contributed by atoms with Crippen molar-refractivity contribution in [1.82, 2.24) is 14.8 Å². The number of aromatic nitrogens is 3. The normalized spacial score (nSPS) is 11.1. The van der Waals surface area contributed by atoms with Crippen molar-refractivity contribution in [1.29, 1.82) is 0 Å². The summed E-state index contributed by atoms with van der Waals surface area (Å²) in [7, 11) is -1.24. The molecular weight excluding hydrogens is 284 g/mol. The molecule has 0 aliphatic carbocycles. The highest BCUT2D eigenvalue weighted by Crippen LogP contribution is 2.19. The number of ether oxygens (including phenoxy) is 1. The number of benzene rings is 1. The van der Waals surface area contributed by atoms with Gasteiger partial charge in [0.15, 0.2) is 0 Å². The van der Waals surface area contributed by atoms with E-state index in [9.17, 15) is 13.2 Å². The molecule has 1 aromatic heterocycles. The summed E-state index contributed by atoms with van der Waals surface area (Å²) in [4.78, 5) is 15.2. The number of hydrogen-bond acceptors (Lipinski definition) is 6. The molecule has 1 N–H and O–H groups in total. The maximum Gasteiger partial charge on any atom is 0.339 e. The predicted octanol–water partition coefficient (Wildman–Crippen LogP) is 0.402. The second-order valence-electron chi connectivity index (χ2n) is 3.80. The summed E-state index contributed by atoms with van der Waals surface area (Å²) in [6.45, 7) is 0. The van der Waals surface area contributed by atoms with Crippen molar-refractivity contribution in [3.05, 3.63) is 36.2 Å². The molecule has 0 bridgehead atoms. The lowest BCUT2D eigenvalue weighted by Gasteiger charge is -2.10. The number of anilines is 1. The zero-order valence-corrected chi connectivity index (χ0v) is 11.6. The third kappa shape index (κ3) is 2.62. The lowest BCUT2D eigenvalue weighted by molar-refractivity contribution is 0.0596. The minimum atomic E-state index is -3.97. The summed E-state index contributed by atoms with van der Waals surface area (Å²) in [5.41, 5.74) is -0.0512. The van der Waals surface area contributed by atoms with Gasteiger partial charge in [-0.05, 0) is 12.1 Å². The van der Waals surface area contributed by atoms with Gasteiger partial charge in [0.2, 0.25) is 5.95 Å². The van der Waals surface area contributed by atoms with Crippen LogP contribution in [0.1, 0.15) is 10.4 Å². The van der Waals surface area contributed by atoms with Crippen molar-refractivity contribution in [2.45, 2.75) is 4.90 Å². The molecule has 0 unspecified atom stereocenters. The minimum Gasteiger partial charge on any atom is -0.465 e. The highest BCUT2D eigenvalue weighted by atomic mass is 32.2. The molecule has 106 valence electrons. The first-order valence-corrected chi connectivity index (χ1v) is 6.98. The molecule has 0 atom stereocenters. The van der Waals surface area contributed by atoms with Crippen LogP contribution < -0.4 is 4.72 Å². The smallest absolute Gasteiger partial charge is 0.339 e. The van der Waals surface area contributed by atoms with Crippen molar-refractivity contribution in [3.8, 4) is 0 Å². The third-order valence-electron chi connectivity index (χ3n) is 2.52. The molecular formula is C11H12N4O4S. The molecule has 0 spiro atoms. The largest absolute Gasteiger partial charge is 0.465 e. The van der Waals surface area contributed by atoms with E-state index >= 15 is 0 Å². The summed E-state index contributed by atoms with van der Waals surface area (Å²) < 4.78 is 32.7. The number of esters is 1. The number of carbonyl (C=O) groups is 1. The van der Waals surface area contributed by atoms with E-state index in [2.05, 4.69) is 19.5 Å². The topological polar surface area (TPSA) is 103 Å². The van der Waals surface area contributed by atoms with E-state index in [1.54, 1.807) is 6.07 Å². The van der Waals surface area contributed by atoms with E-state index in [0.29, 0.717) is 0 Å². The van der Waals surface area contributed by atoms with Crippen LogP contribution in [0, 0.1) is 0 Å². The number of rotatable bonds is 4. The Morgan fingerprint density at radius 2 is 2.05 bits per heavy atom. The van der Waals surface area contributed by atoms with Crippen LogP contribution in [0.4, 0.5) is 5.95 Å². The van der Waals surface area contributed by atoms with Gasteiger partial charge in [0.1, 0.15) is 11.2 Å². The van der Waals surface area contributed by atoms with Gasteiger partial charge in [-0.15, -0.1) is 0 Å². The highest BCUT2D eigenvalue weighted by molar-refractivity contribution is 7.92. The van der Waals surface area contributed by atoms with Crippen molar-refractivity contribution in [3.63, 3.8) is 0 Å². The maximum atomic E-state index is 12.3. The standard InChI is InChI=1S/C11H12N4O4S/c1-15-11(12-7-13-15)14-20(17,18)9-6-4-3-5-8(9)10(16)19-2/h3-7H,1-2H3,(H,12,13,14). The van der Waals surface area contributed by atoms with Gasteiger partial charge >= 0.3 is 5.97 Å². The summed E-state index contributed by atoms with van der Waals surface area (Å²) in [5.74, 6) is -0.686. The monoisotopic (exact) mass is 296 g/mol. The molecule has 1 heterocycles. The number of aryl methyl sites for hydroxylation is 1. The summed E-state index contributed by atoms with van der Waals surface area (Å²) in [6, 6.07) is 5.74. The van der Waals surface area contributed by atoms with Gasteiger partial charge in [0, 0.05) is 7.05 Å². The molecule has 8 nitrogen and oxygen atoms in total. The third-order valence-corrected chi connectivity index (χ3v) is 3.91. The van der Waals surface area contributed by atoms with Crippen LogP contribution >= 0.6 is 0 Å². The second-order valence-corrected chi connectivity index (χ2v) is 5.45. The molecule has 0 fully saturated rings. The van der Waals surface area contributed by atoms with E-state index in [4.69, 9.17) is 0 Å². The van der Waals surface area contributed by atoms with E-state index in [1.807, 2.05) is 0 Å². The van der Waals surface area contributed by atoms with Gasteiger partial charge < -0.3 is 4.74 Å². The number of hydrogen-bond donors (Lipinski definition) is 1. The Morgan fingerprint density at radius 3 is 2.65 bits per heavy atom. The first-order chi connectivity index (χ1) is 9.45. The van der Waals surface area contributed by atoms with Gasteiger partial charge in [-0.25, -0.2) is 22.6 Å². The molecule has 0 radical (unpaired) electrons. The Balaban J connectivity index is 2.45. The maximum absolute atomic E-state index is 12.3. The van der Waals surface area contributed by atoms with Crippen LogP contribution in [0.5, 0.6) is 0 Å². The van der Waals surface area contributed by atoms with Crippen LogP contribution in [0.25, 0.3) is 0 Å². The van der Waals surface area contributed by atoms with E-state index in [1.165, 1.54) is 43.4 Å². The Labute approximate surface area is 115 Å². The summed E-state index contributed by atoms with van der Waals surface area (Å²) in [5, 5.41) is 3.76. The zero-order chi connectivity index (χ0) is 14.8. The quantitative estimate of drug-likeness (QED) is 0.819. The lowest BCUT2D eigenvalue weighted by atomic mass is 10.2. The van der Waals surface area contributed by atoms with Crippen molar-refractivity contribution in [2.75, 3.05) is 11.8 Å². The van der Waals surface area contributed by atoms with Crippen LogP contribution in [0.2, 0.25) is 0 Å². The molecule has 0 aliphatic heterocycles. The minimum absolute atomic E-state index is 0.0460. The molecule has 0 saturated heterocycles. The van der Waals surface area contributed by atoms with Crippen molar-refractivity contribution in [2.24, 2.45) is 7.05 Å². The summed E-state index contributed by atoms with van der Waals surface area (Å²) in [6.07, 6.45) is 1.21. The molecule has 1 aromatic carbocycles. The van der Waals surface area contributed by atoms with Crippen LogP contribution in [0.3, 0.4) is 0 Å². The first kappa shape index (κ1) is 14.0. The Kier molecular flexibility index (Phi) is 3.70. The number of nitrogens with zero attached hydrogens (tertiary/aromatic N) is 3. The Bertz CT molecular complexity index is 738. The highest BCUT2D eigenvalue weighted by Gasteiger charge is 2.23. The number of carbonyl (C=O) groups excluding carboxylic acids is 1. The zero-order valence-electron chi connectivity index (χ0n) is 10.8. The van der Waals surface area contributed by atoms with Gasteiger partial charge in [0.05, 0.1) is 12.7 Å². The van der Waals surface area contributed by atoms with E-state index in [-0.39, 0.29) is 16.4 Å². The van der Waals surface area contributed by atoms with Gasteiger partial charge in [-0.2, -0.15) is 10.1 Å². The van der Waals surface area contributed by atoms with Crippen molar-refractivity contribution < 1.29 is 17.9 Å². The van der Waals surface area contributed by atoms with Gasteiger partial charge in [-0.3, -0.25) is 0 Å². The first-order valence-electron chi connectivity index (χ1n) is 5.50. The van der Waals surface area contributed by atoms with Gasteiger partial charge in [0.25, 0.3) is 10.0 Å². The molecule has 0 amide bonds. The fraction of sp³-hybridized carbons (Fsp3) is 0.182. The molecule has 0 aliphatic rings. The molecule has 0 saturated carbocycles. The van der Waals surface area contributed by atoms with Crippen molar-refractivity contribution >= 4 is 21.9 Å². The molecule has 20 heavy (non-hydrogen) atoms. The van der Waals surface area contributed by atoms with Crippen LogP contribution in [-0.4, -0.2) is 36.3 Å². The SMILES string of the molecule is COC(=O)c1ccccc1S(=O)(=O)Nc1ncnn1C. The molecule has 2 rings (SSSR count). The van der Waals surface area contributed by atoms with E-state index < -0.39 is 16.0 Å². The number of methoxy groups -OCH3 is 1. The molecule has 2 aromatic rings. The van der Waals surface area contributed by atoms with Crippen LogP contribution in [-0.2, 0) is 21.8 Å². The molecule has 9 heteroatoms. The Morgan fingerprint density at radius 1 is 1.35 bits per heavy atom. The predicted molar refractivity (Wildman–Crippen MR) is 69.6 cm³/mol. The van der Waals surface area contributed by atoms with E-state index in [0.717, 1.165) is 0 Å². The lowest BCUT2D eigenvalue weighted by Crippen LogP contribution is -2.19. The average Bonchev–Trinajstić information content (AvgIpc) is 2.83. The number of sulfonamides is 1. The Hall–Kier alpha value is -2.42. The fourth-order valence-corrected chi connectivity index (χ4v) is 2.78.